The largest absolute Gasteiger partial charge is 0.461 e. The monoisotopic (exact) mass is 420 g/mol. The second-order valence-electron chi connectivity index (χ2n) is 6.98. The maximum absolute atomic E-state index is 12.9. The zero-order chi connectivity index (χ0) is 21.3. The zero-order valence-corrected chi connectivity index (χ0v) is 17.3. The summed E-state index contributed by atoms with van der Waals surface area (Å²) in [6.07, 6.45) is 0. The first-order valence-corrected chi connectivity index (χ1v) is 10.8. The second-order valence-corrected chi connectivity index (χ2v) is 8.67. The fourth-order valence-corrected chi connectivity index (χ4v) is 4.26. The van der Waals surface area contributed by atoms with Crippen LogP contribution in [0.1, 0.15) is 21.7 Å². The molecule has 0 unspecified atom stereocenters. The number of carbonyl (C=O) groups excluding carboxylic acids is 1. The van der Waals surface area contributed by atoms with Gasteiger partial charge >= 0.3 is 0 Å². The fraction of sp³-hybridized carbons (Fsp3) is 0.0870. The lowest BCUT2D eigenvalue weighted by Crippen LogP contribution is -2.13. The van der Waals surface area contributed by atoms with Gasteiger partial charge in [0, 0.05) is 16.8 Å². The average Bonchev–Trinajstić information content (AvgIpc) is 3.04. The summed E-state index contributed by atoms with van der Waals surface area (Å²) in [6.45, 7) is 3.59. The molecule has 0 aliphatic heterocycles. The van der Waals surface area contributed by atoms with Gasteiger partial charge in [-0.15, -0.1) is 0 Å². The van der Waals surface area contributed by atoms with Crippen molar-refractivity contribution in [3.8, 4) is 0 Å². The minimum Gasteiger partial charge on any atom is -0.461 e. The van der Waals surface area contributed by atoms with E-state index in [1.54, 1.807) is 61.5 Å². The van der Waals surface area contributed by atoms with Crippen molar-refractivity contribution in [1.29, 1.82) is 0 Å². The molecule has 4 aromatic rings. The van der Waals surface area contributed by atoms with Crippen LogP contribution in [0, 0.1) is 13.8 Å². The van der Waals surface area contributed by atoms with E-state index in [1.165, 1.54) is 0 Å². The molecule has 30 heavy (non-hydrogen) atoms. The number of sulfonamides is 1. The molecule has 0 aliphatic rings. The third kappa shape index (κ3) is 3.92. The Morgan fingerprint density at radius 3 is 2.27 bits per heavy atom. The molecule has 0 aliphatic carbocycles. The first-order valence-electron chi connectivity index (χ1n) is 9.32. The Morgan fingerprint density at radius 1 is 0.867 bits per heavy atom. The molecule has 6 nitrogen and oxygen atoms in total. The number of furan rings is 1. The lowest BCUT2D eigenvalue weighted by Gasteiger charge is -2.09. The van der Waals surface area contributed by atoms with E-state index in [4.69, 9.17) is 4.42 Å². The Morgan fingerprint density at radius 2 is 1.57 bits per heavy atom. The Kier molecular flexibility index (Phi) is 5.05. The summed E-state index contributed by atoms with van der Waals surface area (Å²) in [4.78, 5) is 13.0. The molecule has 0 saturated carbocycles. The number of nitrogens with one attached hydrogen (secondary N) is 2. The van der Waals surface area contributed by atoms with Crippen LogP contribution in [-0.4, -0.2) is 14.3 Å². The molecule has 1 aromatic heterocycles. The van der Waals surface area contributed by atoms with E-state index in [0.717, 1.165) is 5.56 Å². The number of rotatable bonds is 5. The Balaban J connectivity index is 1.67. The van der Waals surface area contributed by atoms with E-state index in [9.17, 15) is 13.2 Å². The van der Waals surface area contributed by atoms with Gasteiger partial charge in [-0.1, -0.05) is 35.9 Å². The summed E-state index contributed by atoms with van der Waals surface area (Å²) < 4.78 is 33.7. The molecule has 0 radical (unpaired) electrons. The van der Waals surface area contributed by atoms with Crippen LogP contribution in [0.25, 0.3) is 11.0 Å². The summed E-state index contributed by atoms with van der Waals surface area (Å²) in [7, 11) is -3.75. The van der Waals surface area contributed by atoms with E-state index < -0.39 is 10.0 Å². The smallest absolute Gasteiger partial charge is 0.261 e. The fourth-order valence-electron chi connectivity index (χ4n) is 3.21. The lowest BCUT2D eigenvalue weighted by molar-refractivity contribution is 0.102. The van der Waals surface area contributed by atoms with E-state index >= 15 is 0 Å². The van der Waals surface area contributed by atoms with Crippen LogP contribution in [0.5, 0.6) is 0 Å². The van der Waals surface area contributed by atoms with Gasteiger partial charge < -0.3 is 9.73 Å². The van der Waals surface area contributed by atoms with Crippen LogP contribution < -0.4 is 10.0 Å². The molecule has 0 saturated heterocycles. The minimum atomic E-state index is -3.75. The molecule has 0 fully saturated rings. The van der Waals surface area contributed by atoms with E-state index in [0.29, 0.717) is 33.7 Å². The number of fused-ring (bicyclic) bond motifs is 1. The van der Waals surface area contributed by atoms with Crippen LogP contribution >= 0.6 is 0 Å². The van der Waals surface area contributed by atoms with Crippen LogP contribution in [0.15, 0.2) is 82.1 Å². The summed E-state index contributed by atoms with van der Waals surface area (Å²) >= 11 is 0. The Hall–Kier alpha value is -3.58. The van der Waals surface area contributed by atoms with Gasteiger partial charge in [-0.25, -0.2) is 8.42 Å². The highest BCUT2D eigenvalue weighted by Gasteiger charge is 2.20. The molecular formula is C23H20N2O4S. The third-order valence-electron chi connectivity index (χ3n) is 4.71. The highest BCUT2D eigenvalue weighted by atomic mass is 32.2. The van der Waals surface area contributed by atoms with Gasteiger partial charge in [0.1, 0.15) is 11.3 Å². The number of para-hydroxylation sites is 1. The van der Waals surface area contributed by atoms with Crippen molar-refractivity contribution < 1.29 is 17.6 Å². The minimum absolute atomic E-state index is 0.165. The van der Waals surface area contributed by atoms with Gasteiger partial charge in [0.25, 0.3) is 15.9 Å². The van der Waals surface area contributed by atoms with E-state index in [2.05, 4.69) is 10.0 Å². The number of amides is 1. The van der Waals surface area contributed by atoms with E-state index in [-0.39, 0.29) is 10.8 Å². The quantitative estimate of drug-likeness (QED) is 0.470. The van der Waals surface area contributed by atoms with Gasteiger partial charge in [0.15, 0.2) is 0 Å². The Bertz CT molecular complexity index is 1330. The third-order valence-corrected chi connectivity index (χ3v) is 6.10. The van der Waals surface area contributed by atoms with Gasteiger partial charge in [-0.3, -0.25) is 9.52 Å². The van der Waals surface area contributed by atoms with Crippen LogP contribution in [-0.2, 0) is 10.0 Å². The number of hydrogen-bond donors (Lipinski definition) is 2. The molecule has 152 valence electrons. The normalized spacial score (nSPS) is 11.4. The highest BCUT2D eigenvalue weighted by molar-refractivity contribution is 7.92. The topological polar surface area (TPSA) is 88.4 Å². The van der Waals surface area contributed by atoms with Gasteiger partial charge in [-0.05, 0) is 56.3 Å². The molecule has 7 heteroatoms. The summed E-state index contributed by atoms with van der Waals surface area (Å²) in [5.74, 6) is 0.132. The van der Waals surface area contributed by atoms with Crippen LogP contribution in [0.3, 0.4) is 0 Å². The Labute approximate surface area is 174 Å². The molecule has 3 aromatic carbocycles. The number of carbonyl (C=O) groups is 1. The average molecular weight is 420 g/mol. The maximum atomic E-state index is 12.9. The predicted octanol–water partition coefficient (Wildman–Crippen LogP) is 5.10. The van der Waals surface area contributed by atoms with Crippen molar-refractivity contribution in [2.24, 2.45) is 0 Å². The van der Waals surface area contributed by atoms with Gasteiger partial charge in [0.2, 0.25) is 0 Å². The van der Waals surface area contributed by atoms with Crippen molar-refractivity contribution >= 4 is 38.3 Å². The van der Waals surface area contributed by atoms with E-state index in [1.807, 2.05) is 25.1 Å². The standard InChI is InChI=1S/C23H20N2O4S/c1-15-8-11-19(12-9-15)30(27,28)25-18-10-13-21-20(14-18)22(16(2)29-21)23(26)24-17-6-4-3-5-7-17/h3-14,25H,1-2H3,(H,24,26). The van der Waals surface area contributed by atoms with Gasteiger partial charge in [-0.2, -0.15) is 0 Å². The number of aryl methyl sites for hydroxylation is 2. The first kappa shape index (κ1) is 19.7. The number of hydrogen-bond acceptors (Lipinski definition) is 4. The highest BCUT2D eigenvalue weighted by Crippen LogP contribution is 2.30. The van der Waals surface area contributed by atoms with Crippen molar-refractivity contribution in [2.75, 3.05) is 10.0 Å². The number of benzene rings is 3. The zero-order valence-electron chi connectivity index (χ0n) is 16.5. The molecule has 4 rings (SSSR count). The lowest BCUT2D eigenvalue weighted by atomic mass is 10.1. The molecule has 2 N–H and O–H groups in total. The number of anilines is 2. The van der Waals surface area contributed by atoms with Gasteiger partial charge in [0.05, 0.1) is 10.5 Å². The summed E-state index contributed by atoms with van der Waals surface area (Å²) in [6, 6.07) is 20.5. The van der Waals surface area contributed by atoms with Crippen molar-refractivity contribution in [1.82, 2.24) is 0 Å². The van der Waals surface area contributed by atoms with Crippen LogP contribution in [0.4, 0.5) is 11.4 Å². The predicted molar refractivity (Wildman–Crippen MR) is 117 cm³/mol. The molecule has 0 bridgehead atoms. The van der Waals surface area contributed by atoms with Crippen molar-refractivity contribution in [3.63, 3.8) is 0 Å². The second kappa shape index (κ2) is 7.68. The first-order chi connectivity index (χ1) is 14.3. The van der Waals surface area contributed by atoms with Crippen molar-refractivity contribution in [2.45, 2.75) is 18.7 Å². The maximum Gasteiger partial charge on any atom is 0.261 e. The molecule has 0 atom stereocenters. The molecular weight excluding hydrogens is 400 g/mol. The molecule has 1 amide bonds. The summed E-state index contributed by atoms with van der Waals surface area (Å²) in [5.41, 5.74) is 2.85. The van der Waals surface area contributed by atoms with Crippen molar-refractivity contribution in [3.05, 3.63) is 89.7 Å². The van der Waals surface area contributed by atoms with Crippen LogP contribution in [0.2, 0.25) is 0 Å². The summed E-state index contributed by atoms with van der Waals surface area (Å²) in [5, 5.41) is 3.37. The SMILES string of the molecule is Cc1ccc(S(=O)(=O)Nc2ccc3oc(C)c(C(=O)Nc4ccccc4)c3c2)cc1. The molecule has 1 heterocycles. The molecule has 0 spiro atoms.